The van der Waals surface area contributed by atoms with Gasteiger partial charge < -0.3 is 14.8 Å². The van der Waals surface area contributed by atoms with E-state index in [9.17, 15) is 0 Å². The lowest BCUT2D eigenvalue weighted by Crippen LogP contribution is -2.06. The van der Waals surface area contributed by atoms with Gasteiger partial charge in [0.05, 0.1) is 13.7 Å². The number of rotatable bonds is 6. The van der Waals surface area contributed by atoms with Crippen LogP contribution in [0.15, 0.2) is 24.3 Å². The van der Waals surface area contributed by atoms with Gasteiger partial charge in [-0.15, -0.1) is 0 Å². The number of methoxy groups -OCH3 is 1. The van der Waals surface area contributed by atoms with Crippen LogP contribution in [0.5, 0.6) is 11.8 Å². The van der Waals surface area contributed by atoms with E-state index in [2.05, 4.69) is 20.3 Å². The summed E-state index contributed by atoms with van der Waals surface area (Å²) in [5.74, 6) is 1.78. The standard InChI is InChI=1S/C14H18N4O2/c1-4-8-20-14-17-12(16-13(15-2)18-14)10-6-5-7-11(9-10)19-3/h5-7,9H,4,8H2,1-3H3,(H,15,16,17,18). The first-order valence-electron chi connectivity index (χ1n) is 6.48. The maximum Gasteiger partial charge on any atom is 0.321 e. The SMILES string of the molecule is CCCOc1nc(NC)nc(-c2cccc(OC)c2)n1. The first-order valence-corrected chi connectivity index (χ1v) is 6.48. The molecule has 6 heteroatoms. The lowest BCUT2D eigenvalue weighted by molar-refractivity contribution is 0.292. The Morgan fingerprint density at radius 1 is 1.20 bits per heavy atom. The number of aromatic nitrogens is 3. The van der Waals surface area contributed by atoms with E-state index in [-0.39, 0.29) is 0 Å². The second kappa shape index (κ2) is 6.70. The van der Waals surface area contributed by atoms with Crippen molar-refractivity contribution in [1.29, 1.82) is 0 Å². The van der Waals surface area contributed by atoms with Crippen LogP contribution in [0.1, 0.15) is 13.3 Å². The van der Waals surface area contributed by atoms with E-state index in [4.69, 9.17) is 9.47 Å². The molecule has 0 spiro atoms. The van der Waals surface area contributed by atoms with E-state index in [0.29, 0.717) is 24.4 Å². The summed E-state index contributed by atoms with van der Waals surface area (Å²) in [7, 11) is 3.38. The Hall–Kier alpha value is -2.37. The van der Waals surface area contributed by atoms with Gasteiger partial charge in [0.15, 0.2) is 5.82 Å². The van der Waals surface area contributed by atoms with Crippen LogP contribution in [0.4, 0.5) is 5.95 Å². The van der Waals surface area contributed by atoms with Gasteiger partial charge in [-0.2, -0.15) is 15.0 Å². The zero-order valence-corrected chi connectivity index (χ0v) is 11.9. The van der Waals surface area contributed by atoms with Crippen LogP contribution >= 0.6 is 0 Å². The van der Waals surface area contributed by atoms with E-state index < -0.39 is 0 Å². The summed E-state index contributed by atoms with van der Waals surface area (Å²) in [5, 5.41) is 2.91. The molecule has 20 heavy (non-hydrogen) atoms. The van der Waals surface area contributed by atoms with Crippen molar-refractivity contribution in [2.45, 2.75) is 13.3 Å². The van der Waals surface area contributed by atoms with Crippen molar-refractivity contribution in [3.05, 3.63) is 24.3 Å². The van der Waals surface area contributed by atoms with Gasteiger partial charge in [-0.1, -0.05) is 19.1 Å². The summed E-state index contributed by atoms with van der Waals surface area (Å²) in [6.07, 6.45) is 0.898. The molecule has 106 valence electrons. The molecule has 0 fully saturated rings. The maximum atomic E-state index is 5.48. The van der Waals surface area contributed by atoms with Crippen molar-refractivity contribution < 1.29 is 9.47 Å². The fourth-order valence-electron chi connectivity index (χ4n) is 1.62. The van der Waals surface area contributed by atoms with Crippen molar-refractivity contribution in [2.75, 3.05) is 26.1 Å². The van der Waals surface area contributed by atoms with E-state index >= 15 is 0 Å². The summed E-state index contributed by atoms with van der Waals surface area (Å²) in [6, 6.07) is 7.88. The van der Waals surface area contributed by atoms with E-state index in [1.165, 1.54) is 0 Å². The second-order valence-electron chi connectivity index (χ2n) is 4.10. The molecule has 6 nitrogen and oxygen atoms in total. The average molecular weight is 274 g/mol. The number of ether oxygens (including phenoxy) is 2. The van der Waals surface area contributed by atoms with Crippen molar-refractivity contribution in [1.82, 2.24) is 15.0 Å². The average Bonchev–Trinajstić information content (AvgIpc) is 2.52. The lowest BCUT2D eigenvalue weighted by Gasteiger charge is -2.08. The van der Waals surface area contributed by atoms with Crippen molar-refractivity contribution in [2.24, 2.45) is 0 Å². The maximum absolute atomic E-state index is 5.48. The van der Waals surface area contributed by atoms with Crippen LogP contribution in [0.2, 0.25) is 0 Å². The summed E-state index contributed by atoms with van der Waals surface area (Å²) in [4.78, 5) is 12.8. The van der Waals surface area contributed by atoms with Gasteiger partial charge in [0.1, 0.15) is 5.75 Å². The molecular weight excluding hydrogens is 256 g/mol. The number of anilines is 1. The van der Waals surface area contributed by atoms with Gasteiger partial charge >= 0.3 is 6.01 Å². The minimum absolute atomic E-state index is 0.323. The number of nitrogens with zero attached hydrogens (tertiary/aromatic N) is 3. The van der Waals surface area contributed by atoms with Crippen molar-refractivity contribution in [3.63, 3.8) is 0 Å². The second-order valence-corrected chi connectivity index (χ2v) is 4.10. The predicted molar refractivity (Wildman–Crippen MR) is 77.1 cm³/mol. The van der Waals surface area contributed by atoms with Crippen LogP contribution < -0.4 is 14.8 Å². The van der Waals surface area contributed by atoms with Gasteiger partial charge in [0, 0.05) is 12.6 Å². The van der Waals surface area contributed by atoms with E-state index in [1.807, 2.05) is 31.2 Å². The molecular formula is C14H18N4O2. The Labute approximate surface area is 118 Å². The van der Waals surface area contributed by atoms with Crippen LogP contribution in [0, 0.1) is 0 Å². The molecule has 1 N–H and O–H groups in total. The molecule has 1 aromatic heterocycles. The third kappa shape index (κ3) is 3.34. The smallest absolute Gasteiger partial charge is 0.321 e. The molecule has 0 saturated heterocycles. The summed E-state index contributed by atoms with van der Waals surface area (Å²) >= 11 is 0. The minimum Gasteiger partial charge on any atom is -0.497 e. The highest BCUT2D eigenvalue weighted by Gasteiger charge is 2.09. The minimum atomic E-state index is 0.323. The monoisotopic (exact) mass is 274 g/mol. The van der Waals surface area contributed by atoms with Gasteiger partial charge in [-0.3, -0.25) is 0 Å². The fraction of sp³-hybridized carbons (Fsp3) is 0.357. The Balaban J connectivity index is 2.38. The highest BCUT2D eigenvalue weighted by Crippen LogP contribution is 2.22. The molecule has 0 radical (unpaired) electrons. The van der Waals surface area contributed by atoms with Gasteiger partial charge in [-0.25, -0.2) is 0 Å². The summed E-state index contributed by atoms with van der Waals surface area (Å²) in [5.41, 5.74) is 0.851. The molecule has 0 aliphatic carbocycles. The first-order chi connectivity index (χ1) is 9.76. The summed E-state index contributed by atoms with van der Waals surface area (Å²) in [6.45, 7) is 2.61. The molecule has 0 aliphatic rings. The van der Waals surface area contributed by atoms with Crippen LogP contribution in [-0.4, -0.2) is 35.7 Å². The topological polar surface area (TPSA) is 69.2 Å². The number of benzene rings is 1. The van der Waals surface area contributed by atoms with E-state index in [0.717, 1.165) is 17.7 Å². The predicted octanol–water partition coefficient (Wildman–Crippen LogP) is 2.38. The quantitative estimate of drug-likeness (QED) is 0.872. The molecule has 2 rings (SSSR count). The number of nitrogens with one attached hydrogen (secondary N) is 1. The Morgan fingerprint density at radius 3 is 2.75 bits per heavy atom. The number of hydrogen-bond acceptors (Lipinski definition) is 6. The zero-order chi connectivity index (χ0) is 14.4. The van der Waals surface area contributed by atoms with Gasteiger partial charge in [-0.05, 0) is 18.6 Å². The van der Waals surface area contributed by atoms with Crippen LogP contribution in [0.3, 0.4) is 0 Å². The zero-order valence-electron chi connectivity index (χ0n) is 11.9. The molecule has 2 aromatic rings. The molecule has 0 saturated carbocycles. The molecule has 1 aromatic carbocycles. The van der Waals surface area contributed by atoms with Crippen molar-refractivity contribution >= 4 is 5.95 Å². The largest absolute Gasteiger partial charge is 0.497 e. The third-order valence-electron chi connectivity index (χ3n) is 2.60. The van der Waals surface area contributed by atoms with Crippen molar-refractivity contribution in [3.8, 4) is 23.1 Å². The Bertz CT molecular complexity index is 575. The highest BCUT2D eigenvalue weighted by atomic mass is 16.5. The first kappa shape index (κ1) is 14.0. The normalized spacial score (nSPS) is 10.2. The molecule has 1 heterocycles. The summed E-state index contributed by atoms with van der Waals surface area (Å²) < 4.78 is 10.7. The lowest BCUT2D eigenvalue weighted by atomic mass is 10.2. The number of hydrogen-bond donors (Lipinski definition) is 1. The van der Waals surface area contributed by atoms with Gasteiger partial charge in [0.25, 0.3) is 0 Å². The Morgan fingerprint density at radius 2 is 2.05 bits per heavy atom. The van der Waals surface area contributed by atoms with Gasteiger partial charge in [0.2, 0.25) is 5.95 Å². The van der Waals surface area contributed by atoms with E-state index in [1.54, 1.807) is 14.2 Å². The molecule has 0 bridgehead atoms. The highest BCUT2D eigenvalue weighted by molar-refractivity contribution is 5.58. The molecule has 0 atom stereocenters. The fourth-order valence-corrected chi connectivity index (χ4v) is 1.62. The van der Waals surface area contributed by atoms with Crippen LogP contribution in [0.25, 0.3) is 11.4 Å². The molecule has 0 amide bonds. The molecule has 0 aliphatic heterocycles. The molecule has 0 unspecified atom stereocenters. The Kier molecular flexibility index (Phi) is 4.70. The third-order valence-corrected chi connectivity index (χ3v) is 2.60. The van der Waals surface area contributed by atoms with Crippen LogP contribution in [-0.2, 0) is 0 Å².